The summed E-state index contributed by atoms with van der Waals surface area (Å²) in [5.41, 5.74) is 3.11. The molecular formula is C21H20ClN3O2. The van der Waals surface area contributed by atoms with E-state index in [0.717, 1.165) is 17.7 Å². The second kappa shape index (κ2) is 5.80. The number of halogens is 1. The molecule has 0 unspecified atom stereocenters. The zero-order valence-electron chi connectivity index (χ0n) is 15.2. The third-order valence-electron chi connectivity index (χ3n) is 6.32. The predicted molar refractivity (Wildman–Crippen MR) is 102 cm³/mol. The zero-order valence-corrected chi connectivity index (χ0v) is 16.0. The van der Waals surface area contributed by atoms with E-state index in [2.05, 4.69) is 17.3 Å². The summed E-state index contributed by atoms with van der Waals surface area (Å²) < 4.78 is 1.83. The minimum absolute atomic E-state index is 0.0645. The number of amides is 2. The number of fused-ring (bicyclic) bond motifs is 5. The first-order valence-corrected chi connectivity index (χ1v) is 9.68. The Morgan fingerprint density at radius 3 is 2.33 bits per heavy atom. The maximum Gasteiger partial charge on any atom is 0.238 e. The molecule has 1 saturated carbocycles. The van der Waals surface area contributed by atoms with Gasteiger partial charge < -0.3 is 0 Å². The molecule has 3 aliphatic rings. The van der Waals surface area contributed by atoms with E-state index in [9.17, 15) is 9.59 Å². The molecule has 2 fully saturated rings. The minimum Gasteiger partial charge on any atom is -0.274 e. The van der Waals surface area contributed by atoms with Crippen molar-refractivity contribution in [1.82, 2.24) is 9.78 Å². The van der Waals surface area contributed by atoms with Crippen LogP contribution in [-0.2, 0) is 16.1 Å². The Bertz CT molecular complexity index is 979. The minimum atomic E-state index is -0.196. The first kappa shape index (κ1) is 16.8. The molecule has 5 rings (SSSR count). The van der Waals surface area contributed by atoms with Crippen LogP contribution < -0.4 is 4.90 Å². The summed E-state index contributed by atoms with van der Waals surface area (Å²) in [5.74, 6) is -0.104. The summed E-state index contributed by atoms with van der Waals surface area (Å²) in [5, 5.41) is 5.28. The SMILES string of the molecule is Cc1nn(Cc2ccccc2Cl)c(C)c1N1C(=O)[C@H]2[C@H](C1=O)[C@H]1C=C[C@H]2C1. The van der Waals surface area contributed by atoms with E-state index >= 15 is 0 Å². The van der Waals surface area contributed by atoms with Crippen LogP contribution in [0.15, 0.2) is 36.4 Å². The Morgan fingerprint density at radius 1 is 1.07 bits per heavy atom. The van der Waals surface area contributed by atoms with Gasteiger partial charge in [-0.2, -0.15) is 5.10 Å². The Balaban J connectivity index is 1.52. The van der Waals surface area contributed by atoms with Gasteiger partial charge in [-0.25, -0.2) is 4.90 Å². The van der Waals surface area contributed by atoms with Crippen molar-refractivity contribution >= 4 is 29.1 Å². The number of aryl methyl sites for hydroxylation is 1. The Hall–Kier alpha value is -2.40. The van der Waals surface area contributed by atoms with Crippen molar-refractivity contribution in [3.63, 3.8) is 0 Å². The standard InChI is InChI=1S/C21H20ClN3O2/c1-11-19(12(2)24(23-11)10-15-5-3-4-6-16(15)22)25-20(26)17-13-7-8-14(9-13)18(17)21(25)27/h3-8,13-14,17-18H,9-10H2,1-2H3/t13-,14-,17+,18+/m0/s1. The van der Waals surface area contributed by atoms with Crippen molar-refractivity contribution in [2.75, 3.05) is 4.90 Å². The first-order chi connectivity index (χ1) is 13.0. The summed E-state index contributed by atoms with van der Waals surface area (Å²) >= 11 is 6.28. The van der Waals surface area contributed by atoms with Gasteiger partial charge in [-0.15, -0.1) is 0 Å². The number of carbonyl (C=O) groups is 2. The lowest BCUT2D eigenvalue weighted by molar-refractivity contribution is -0.123. The maximum absolute atomic E-state index is 13.1. The Kier molecular flexibility index (Phi) is 3.60. The molecule has 1 aromatic carbocycles. The lowest BCUT2D eigenvalue weighted by atomic mass is 9.85. The molecule has 0 N–H and O–H groups in total. The fourth-order valence-electron chi connectivity index (χ4n) is 5.08. The highest BCUT2D eigenvalue weighted by Gasteiger charge is 2.60. The molecule has 2 bridgehead atoms. The van der Waals surface area contributed by atoms with Gasteiger partial charge in [-0.05, 0) is 43.7 Å². The van der Waals surface area contributed by atoms with E-state index in [-0.39, 0.29) is 35.5 Å². The lowest BCUT2D eigenvalue weighted by Gasteiger charge is -2.18. The third kappa shape index (κ3) is 2.27. The average molecular weight is 382 g/mol. The summed E-state index contributed by atoms with van der Waals surface area (Å²) in [6.07, 6.45) is 5.16. The van der Waals surface area contributed by atoms with Crippen molar-refractivity contribution in [3.8, 4) is 0 Å². The molecule has 1 aromatic heterocycles. The van der Waals surface area contributed by atoms with Crippen molar-refractivity contribution in [2.45, 2.75) is 26.8 Å². The van der Waals surface area contributed by atoms with E-state index in [4.69, 9.17) is 11.6 Å². The number of hydrogen-bond acceptors (Lipinski definition) is 3. The number of aromatic nitrogens is 2. The predicted octanol–water partition coefficient (Wildman–Crippen LogP) is 3.51. The van der Waals surface area contributed by atoms with Gasteiger partial charge >= 0.3 is 0 Å². The van der Waals surface area contributed by atoms with E-state index in [1.54, 1.807) is 0 Å². The van der Waals surface area contributed by atoms with Crippen LogP contribution in [0.2, 0.25) is 5.02 Å². The third-order valence-corrected chi connectivity index (χ3v) is 6.68. The highest BCUT2D eigenvalue weighted by atomic mass is 35.5. The molecule has 6 heteroatoms. The molecule has 0 radical (unpaired) electrons. The van der Waals surface area contributed by atoms with Crippen LogP contribution in [0.5, 0.6) is 0 Å². The fraction of sp³-hybridized carbons (Fsp3) is 0.381. The topological polar surface area (TPSA) is 55.2 Å². The van der Waals surface area contributed by atoms with Crippen molar-refractivity contribution in [3.05, 3.63) is 58.4 Å². The molecule has 1 aliphatic heterocycles. The van der Waals surface area contributed by atoms with Crippen molar-refractivity contribution in [1.29, 1.82) is 0 Å². The number of hydrogen-bond donors (Lipinski definition) is 0. The number of nitrogens with zero attached hydrogens (tertiary/aromatic N) is 3. The van der Waals surface area contributed by atoms with Gasteiger partial charge in [0.2, 0.25) is 11.8 Å². The molecular weight excluding hydrogens is 362 g/mol. The number of rotatable bonds is 3. The van der Waals surface area contributed by atoms with Gasteiger partial charge in [0.25, 0.3) is 0 Å². The molecule has 2 heterocycles. The smallest absolute Gasteiger partial charge is 0.238 e. The van der Waals surface area contributed by atoms with Gasteiger partial charge in [0.1, 0.15) is 0 Å². The molecule has 5 nitrogen and oxygen atoms in total. The maximum atomic E-state index is 13.1. The molecule has 27 heavy (non-hydrogen) atoms. The second-order valence-electron chi connectivity index (χ2n) is 7.78. The Labute approximate surface area is 162 Å². The molecule has 138 valence electrons. The number of allylic oxidation sites excluding steroid dienone is 2. The molecule has 2 amide bonds. The highest BCUT2D eigenvalue weighted by Crippen LogP contribution is 2.53. The number of benzene rings is 1. The number of imide groups is 1. The lowest BCUT2D eigenvalue weighted by Crippen LogP contribution is -2.33. The largest absolute Gasteiger partial charge is 0.274 e. The van der Waals surface area contributed by atoms with Crippen LogP contribution in [0.3, 0.4) is 0 Å². The van der Waals surface area contributed by atoms with E-state index in [0.29, 0.717) is 22.9 Å². The van der Waals surface area contributed by atoms with Crippen molar-refractivity contribution < 1.29 is 9.59 Å². The molecule has 2 aromatic rings. The quantitative estimate of drug-likeness (QED) is 0.604. The zero-order chi connectivity index (χ0) is 18.9. The van der Waals surface area contributed by atoms with Gasteiger partial charge in [0, 0.05) is 5.02 Å². The molecule has 1 saturated heterocycles. The van der Waals surface area contributed by atoms with Gasteiger partial charge in [0.05, 0.1) is 35.5 Å². The number of anilines is 1. The molecule has 0 spiro atoms. The van der Waals surface area contributed by atoms with E-state index in [1.165, 1.54) is 4.90 Å². The normalized spacial score (nSPS) is 28.5. The van der Waals surface area contributed by atoms with Crippen LogP contribution >= 0.6 is 11.6 Å². The van der Waals surface area contributed by atoms with E-state index in [1.807, 2.05) is 42.8 Å². The van der Waals surface area contributed by atoms with Crippen molar-refractivity contribution in [2.24, 2.45) is 23.7 Å². The number of carbonyl (C=O) groups excluding carboxylic acids is 2. The van der Waals surface area contributed by atoms with Gasteiger partial charge in [-0.3, -0.25) is 14.3 Å². The van der Waals surface area contributed by atoms with E-state index < -0.39 is 0 Å². The van der Waals surface area contributed by atoms with Gasteiger partial charge in [0.15, 0.2) is 0 Å². The van der Waals surface area contributed by atoms with Crippen LogP contribution in [0.25, 0.3) is 0 Å². The monoisotopic (exact) mass is 381 g/mol. The second-order valence-corrected chi connectivity index (χ2v) is 8.19. The molecule has 4 atom stereocenters. The highest BCUT2D eigenvalue weighted by molar-refractivity contribution is 6.31. The van der Waals surface area contributed by atoms with Crippen LogP contribution in [-0.4, -0.2) is 21.6 Å². The van der Waals surface area contributed by atoms with Crippen LogP contribution in [0.1, 0.15) is 23.4 Å². The average Bonchev–Trinajstić information content (AvgIpc) is 3.37. The molecule has 2 aliphatic carbocycles. The fourth-order valence-corrected chi connectivity index (χ4v) is 5.27. The summed E-state index contributed by atoms with van der Waals surface area (Å²) in [6, 6.07) is 7.63. The Morgan fingerprint density at radius 2 is 1.70 bits per heavy atom. The summed E-state index contributed by atoms with van der Waals surface area (Å²) in [7, 11) is 0. The summed E-state index contributed by atoms with van der Waals surface area (Å²) in [6.45, 7) is 4.27. The van der Waals surface area contributed by atoms with Crippen LogP contribution in [0.4, 0.5) is 5.69 Å². The summed E-state index contributed by atoms with van der Waals surface area (Å²) in [4.78, 5) is 27.7. The first-order valence-electron chi connectivity index (χ1n) is 9.31. The van der Waals surface area contributed by atoms with Gasteiger partial charge in [-0.1, -0.05) is 42.0 Å². The van der Waals surface area contributed by atoms with Crippen LogP contribution in [0, 0.1) is 37.5 Å².